The molecule has 0 saturated heterocycles. The van der Waals surface area contributed by atoms with Gasteiger partial charge in [0.25, 0.3) is 5.22 Å². The molecule has 0 aliphatic rings. The molecule has 0 aliphatic carbocycles. The van der Waals surface area contributed by atoms with Gasteiger partial charge in [0, 0.05) is 6.20 Å². The zero-order valence-corrected chi connectivity index (χ0v) is 7.82. The number of carbonyl (C=O) groups is 1. The van der Waals surface area contributed by atoms with E-state index in [1.165, 1.54) is 0 Å². The molecule has 1 N–H and O–H groups in total. The smallest absolute Gasteiger partial charge is 0.314 e. The van der Waals surface area contributed by atoms with Crippen LogP contribution in [0.4, 0.5) is 0 Å². The van der Waals surface area contributed by atoms with Crippen molar-refractivity contribution >= 4 is 29.0 Å². The second-order valence-electron chi connectivity index (χ2n) is 2.49. The molecule has 2 heterocycles. The molecule has 0 bridgehead atoms. The van der Waals surface area contributed by atoms with Crippen LogP contribution in [0.5, 0.6) is 0 Å². The van der Waals surface area contributed by atoms with Gasteiger partial charge >= 0.3 is 5.97 Å². The van der Waals surface area contributed by atoms with E-state index in [1.54, 1.807) is 18.3 Å². The number of thioether (sulfide) groups is 1. The molecule has 0 atom stereocenters. The standard InChI is InChI=1S/C8H6N2O3S/c11-6(12)4-14-8-10-7-5(13-8)2-1-3-9-7/h1-3H,4H2,(H,11,12). The Morgan fingerprint density at radius 2 is 2.50 bits per heavy atom. The zero-order valence-electron chi connectivity index (χ0n) is 7.01. The summed E-state index contributed by atoms with van der Waals surface area (Å²) in [5.74, 6) is -0.961. The molecular weight excluding hydrogens is 204 g/mol. The molecule has 6 heteroatoms. The maximum Gasteiger partial charge on any atom is 0.314 e. The van der Waals surface area contributed by atoms with Crippen molar-refractivity contribution in [1.82, 2.24) is 9.97 Å². The first-order valence-electron chi connectivity index (χ1n) is 3.82. The number of hydrogen-bond acceptors (Lipinski definition) is 5. The summed E-state index contributed by atoms with van der Waals surface area (Å²) >= 11 is 1.04. The maximum atomic E-state index is 10.3. The van der Waals surface area contributed by atoms with Gasteiger partial charge in [-0.15, -0.1) is 0 Å². The van der Waals surface area contributed by atoms with Gasteiger partial charge in [-0.2, -0.15) is 4.98 Å². The minimum atomic E-state index is -0.898. The van der Waals surface area contributed by atoms with Crippen LogP contribution in [0.2, 0.25) is 0 Å². The lowest BCUT2D eigenvalue weighted by Gasteiger charge is -1.87. The number of oxazole rings is 1. The monoisotopic (exact) mass is 210 g/mol. The van der Waals surface area contributed by atoms with Crippen molar-refractivity contribution in [2.45, 2.75) is 5.22 Å². The second kappa shape index (κ2) is 3.67. The SMILES string of the molecule is O=C(O)CSc1nc2ncccc2o1. The molecule has 72 valence electrons. The fourth-order valence-electron chi connectivity index (χ4n) is 0.934. The molecule has 2 rings (SSSR count). The van der Waals surface area contributed by atoms with E-state index in [4.69, 9.17) is 9.52 Å². The molecule has 2 aromatic heterocycles. The number of carboxylic acids is 1. The normalized spacial score (nSPS) is 10.6. The molecule has 2 aromatic rings. The van der Waals surface area contributed by atoms with Crippen LogP contribution in [0, 0.1) is 0 Å². The van der Waals surface area contributed by atoms with Gasteiger partial charge in [0.05, 0.1) is 0 Å². The predicted octanol–water partition coefficient (Wildman–Crippen LogP) is 1.40. The van der Waals surface area contributed by atoms with E-state index in [0.29, 0.717) is 16.5 Å². The summed E-state index contributed by atoms with van der Waals surface area (Å²) in [5.41, 5.74) is 1.07. The van der Waals surface area contributed by atoms with Crippen LogP contribution >= 0.6 is 11.8 Å². The Balaban J connectivity index is 2.22. The summed E-state index contributed by atoms with van der Waals surface area (Å²) in [7, 11) is 0. The number of fused-ring (bicyclic) bond motifs is 1. The van der Waals surface area contributed by atoms with Crippen molar-refractivity contribution in [3.05, 3.63) is 18.3 Å². The van der Waals surface area contributed by atoms with E-state index in [-0.39, 0.29) is 5.75 Å². The van der Waals surface area contributed by atoms with Crippen LogP contribution in [-0.2, 0) is 4.79 Å². The Bertz CT molecular complexity index is 435. The van der Waals surface area contributed by atoms with Gasteiger partial charge in [0.1, 0.15) is 5.75 Å². The van der Waals surface area contributed by atoms with E-state index < -0.39 is 5.97 Å². The number of pyridine rings is 1. The second-order valence-corrected chi connectivity index (χ2v) is 3.41. The number of hydrogen-bond donors (Lipinski definition) is 1. The Hall–Kier alpha value is -1.56. The summed E-state index contributed by atoms with van der Waals surface area (Å²) in [6, 6.07) is 3.47. The Morgan fingerprint density at radius 3 is 3.21 bits per heavy atom. The van der Waals surface area contributed by atoms with Gasteiger partial charge in [-0.05, 0) is 12.1 Å². The number of rotatable bonds is 3. The van der Waals surface area contributed by atoms with E-state index in [1.807, 2.05) is 0 Å². The first kappa shape index (κ1) is 9.01. The highest BCUT2D eigenvalue weighted by atomic mass is 32.2. The third-order valence-electron chi connectivity index (χ3n) is 1.46. The Morgan fingerprint density at radius 1 is 1.64 bits per heavy atom. The minimum Gasteiger partial charge on any atom is -0.481 e. The predicted molar refractivity (Wildman–Crippen MR) is 50.2 cm³/mol. The highest BCUT2D eigenvalue weighted by Crippen LogP contribution is 2.21. The topological polar surface area (TPSA) is 76.2 Å². The molecular formula is C8H6N2O3S. The molecule has 0 unspecified atom stereocenters. The first-order chi connectivity index (χ1) is 6.75. The summed E-state index contributed by atoms with van der Waals surface area (Å²) in [4.78, 5) is 18.3. The van der Waals surface area contributed by atoms with E-state index in [9.17, 15) is 4.79 Å². The fourth-order valence-corrected chi connectivity index (χ4v) is 1.48. The van der Waals surface area contributed by atoms with Crippen LogP contribution in [0.15, 0.2) is 28.0 Å². The molecule has 0 fully saturated rings. The lowest BCUT2D eigenvalue weighted by molar-refractivity contribution is -0.133. The van der Waals surface area contributed by atoms with Gasteiger partial charge in [-0.3, -0.25) is 4.79 Å². The van der Waals surface area contributed by atoms with Gasteiger partial charge in [0.2, 0.25) is 0 Å². The van der Waals surface area contributed by atoms with Crippen molar-refractivity contribution in [2.24, 2.45) is 0 Å². The molecule has 0 aliphatic heterocycles. The maximum absolute atomic E-state index is 10.3. The average molecular weight is 210 g/mol. The Kier molecular flexibility index (Phi) is 2.36. The summed E-state index contributed by atoms with van der Waals surface area (Å²) < 4.78 is 5.24. The Labute approximate surface area is 83.2 Å². The van der Waals surface area contributed by atoms with Gasteiger partial charge in [-0.25, -0.2) is 4.98 Å². The molecule has 0 spiro atoms. The average Bonchev–Trinajstić information content (AvgIpc) is 2.57. The van der Waals surface area contributed by atoms with Crippen molar-refractivity contribution in [3.8, 4) is 0 Å². The van der Waals surface area contributed by atoms with Crippen LogP contribution in [0.1, 0.15) is 0 Å². The van der Waals surface area contributed by atoms with E-state index in [2.05, 4.69) is 9.97 Å². The quantitative estimate of drug-likeness (QED) is 0.771. The summed E-state index contributed by atoms with van der Waals surface area (Å²) in [6.45, 7) is 0. The molecule has 5 nitrogen and oxygen atoms in total. The third-order valence-corrected chi connectivity index (χ3v) is 2.28. The van der Waals surface area contributed by atoms with Crippen LogP contribution in [0.25, 0.3) is 11.2 Å². The van der Waals surface area contributed by atoms with Crippen LogP contribution in [0.3, 0.4) is 0 Å². The van der Waals surface area contributed by atoms with Crippen molar-refractivity contribution in [3.63, 3.8) is 0 Å². The minimum absolute atomic E-state index is 0.0627. The van der Waals surface area contributed by atoms with Gasteiger partial charge < -0.3 is 9.52 Å². The number of aromatic nitrogens is 2. The van der Waals surface area contributed by atoms with Gasteiger partial charge in [0.15, 0.2) is 11.2 Å². The molecule has 14 heavy (non-hydrogen) atoms. The zero-order chi connectivity index (χ0) is 9.97. The highest BCUT2D eigenvalue weighted by molar-refractivity contribution is 7.99. The molecule has 0 radical (unpaired) electrons. The molecule has 0 aromatic carbocycles. The van der Waals surface area contributed by atoms with Crippen molar-refractivity contribution in [2.75, 3.05) is 5.75 Å². The lowest BCUT2D eigenvalue weighted by Crippen LogP contribution is -1.97. The van der Waals surface area contributed by atoms with Gasteiger partial charge in [-0.1, -0.05) is 11.8 Å². The fraction of sp³-hybridized carbons (Fsp3) is 0.125. The third kappa shape index (κ3) is 1.85. The number of aliphatic carboxylic acids is 1. The van der Waals surface area contributed by atoms with E-state index in [0.717, 1.165) is 11.8 Å². The first-order valence-corrected chi connectivity index (χ1v) is 4.80. The number of carboxylic acid groups (broad SMARTS) is 1. The summed E-state index contributed by atoms with van der Waals surface area (Å²) in [6.07, 6.45) is 1.61. The molecule has 0 amide bonds. The molecule has 0 saturated carbocycles. The largest absolute Gasteiger partial charge is 0.481 e. The number of nitrogens with zero attached hydrogens (tertiary/aromatic N) is 2. The van der Waals surface area contributed by atoms with Crippen LogP contribution < -0.4 is 0 Å². The van der Waals surface area contributed by atoms with Crippen LogP contribution in [-0.4, -0.2) is 26.8 Å². The van der Waals surface area contributed by atoms with Crippen molar-refractivity contribution in [1.29, 1.82) is 0 Å². The van der Waals surface area contributed by atoms with E-state index >= 15 is 0 Å². The highest BCUT2D eigenvalue weighted by Gasteiger charge is 2.08. The lowest BCUT2D eigenvalue weighted by atomic mass is 10.5. The van der Waals surface area contributed by atoms with Crippen molar-refractivity contribution < 1.29 is 14.3 Å². The summed E-state index contributed by atoms with van der Waals surface area (Å²) in [5, 5.41) is 8.78.